The first-order valence-corrected chi connectivity index (χ1v) is 9.54. The predicted molar refractivity (Wildman–Crippen MR) is 98.5 cm³/mol. The van der Waals surface area contributed by atoms with Gasteiger partial charge in [0.25, 0.3) is 5.91 Å². The second-order valence-corrected chi connectivity index (χ2v) is 7.79. The van der Waals surface area contributed by atoms with Crippen molar-refractivity contribution < 1.29 is 9.59 Å². The molecular formula is C19H29N5O2. The molecule has 142 valence electrons. The smallest absolute Gasteiger partial charge is 0.272 e. The number of carbonyl (C=O) groups is 2. The van der Waals surface area contributed by atoms with E-state index in [1.54, 1.807) is 25.3 Å². The van der Waals surface area contributed by atoms with E-state index in [0.717, 1.165) is 39.0 Å². The van der Waals surface area contributed by atoms with Crippen LogP contribution in [-0.4, -0.2) is 70.1 Å². The monoisotopic (exact) mass is 359 g/mol. The number of hydrogen-bond donors (Lipinski definition) is 1. The number of carbonyl (C=O) groups excluding carboxylic acids is 2. The van der Waals surface area contributed by atoms with Crippen molar-refractivity contribution in [3.05, 3.63) is 24.0 Å². The lowest BCUT2D eigenvalue weighted by Crippen LogP contribution is -2.46. The minimum Gasteiger partial charge on any atom is -0.346 e. The summed E-state index contributed by atoms with van der Waals surface area (Å²) >= 11 is 0. The lowest BCUT2D eigenvalue weighted by atomic mass is 9.91. The molecule has 3 heterocycles. The third kappa shape index (κ3) is 4.20. The highest BCUT2D eigenvalue weighted by molar-refractivity contribution is 5.92. The summed E-state index contributed by atoms with van der Waals surface area (Å²) in [6, 6.07) is 4.03. The Labute approximate surface area is 155 Å². The van der Waals surface area contributed by atoms with Crippen LogP contribution in [0.3, 0.4) is 0 Å². The van der Waals surface area contributed by atoms with Crippen LogP contribution in [0.5, 0.6) is 0 Å². The molecule has 0 aromatic carbocycles. The van der Waals surface area contributed by atoms with Crippen molar-refractivity contribution in [1.29, 1.82) is 0 Å². The molecule has 0 saturated carbocycles. The third-order valence-corrected chi connectivity index (χ3v) is 5.80. The molecule has 2 aliphatic heterocycles. The summed E-state index contributed by atoms with van der Waals surface area (Å²) in [5.41, 5.74) is 0.364. The topological polar surface area (TPSA) is 78.4 Å². The normalized spacial score (nSPS) is 24.8. The second kappa shape index (κ2) is 8.12. The van der Waals surface area contributed by atoms with Crippen LogP contribution in [-0.2, 0) is 4.79 Å². The molecule has 0 unspecified atom stereocenters. The van der Waals surface area contributed by atoms with Crippen LogP contribution < -0.4 is 5.32 Å². The maximum atomic E-state index is 12.5. The molecule has 7 nitrogen and oxygen atoms in total. The quantitative estimate of drug-likeness (QED) is 0.873. The second-order valence-electron chi connectivity index (χ2n) is 7.79. The zero-order valence-electron chi connectivity index (χ0n) is 15.9. The van der Waals surface area contributed by atoms with Crippen molar-refractivity contribution in [2.45, 2.75) is 45.7 Å². The highest BCUT2D eigenvalue weighted by Crippen LogP contribution is 2.29. The molecule has 2 fully saturated rings. The molecule has 1 aromatic heterocycles. The Morgan fingerprint density at radius 1 is 1.23 bits per heavy atom. The molecule has 2 amide bonds. The van der Waals surface area contributed by atoms with Gasteiger partial charge < -0.3 is 10.2 Å². The van der Waals surface area contributed by atoms with Gasteiger partial charge in [-0.3, -0.25) is 14.5 Å². The van der Waals surface area contributed by atoms with Gasteiger partial charge in [-0.15, -0.1) is 5.10 Å². The lowest BCUT2D eigenvalue weighted by molar-refractivity contribution is -0.130. The summed E-state index contributed by atoms with van der Waals surface area (Å²) in [5.74, 6) is 0.923. The molecule has 1 N–H and O–H groups in total. The van der Waals surface area contributed by atoms with E-state index in [-0.39, 0.29) is 17.9 Å². The summed E-state index contributed by atoms with van der Waals surface area (Å²) in [4.78, 5) is 28.5. The van der Waals surface area contributed by atoms with Crippen molar-refractivity contribution in [2.75, 3.05) is 26.2 Å². The van der Waals surface area contributed by atoms with Gasteiger partial charge >= 0.3 is 0 Å². The van der Waals surface area contributed by atoms with E-state index in [1.807, 2.05) is 4.90 Å². The maximum Gasteiger partial charge on any atom is 0.272 e. The Morgan fingerprint density at radius 3 is 2.54 bits per heavy atom. The average molecular weight is 359 g/mol. The number of nitrogens with one attached hydrogen (secondary N) is 1. The predicted octanol–water partition coefficient (Wildman–Crippen LogP) is 1.17. The fraction of sp³-hybridized carbons (Fsp3) is 0.684. The van der Waals surface area contributed by atoms with E-state index in [0.29, 0.717) is 23.6 Å². The van der Waals surface area contributed by atoms with Crippen molar-refractivity contribution in [3.63, 3.8) is 0 Å². The SMILES string of the molecule is CC(=O)N1CCC(N2C[C@H](NC(=O)c3cccnn3)[C@@H](C(C)C)C2)CC1. The van der Waals surface area contributed by atoms with Crippen molar-refractivity contribution in [1.82, 2.24) is 25.3 Å². The highest BCUT2D eigenvalue weighted by Gasteiger charge is 2.39. The average Bonchev–Trinajstić information content (AvgIpc) is 3.06. The molecule has 26 heavy (non-hydrogen) atoms. The zero-order chi connectivity index (χ0) is 18.7. The first kappa shape index (κ1) is 18.8. The number of rotatable bonds is 4. The molecule has 2 saturated heterocycles. The molecule has 0 radical (unpaired) electrons. The molecule has 0 spiro atoms. The van der Waals surface area contributed by atoms with Crippen molar-refractivity contribution in [3.8, 4) is 0 Å². The number of likely N-dealkylation sites (tertiary alicyclic amines) is 2. The first-order chi connectivity index (χ1) is 12.5. The van der Waals surface area contributed by atoms with E-state index in [4.69, 9.17) is 0 Å². The number of piperidine rings is 1. The maximum absolute atomic E-state index is 12.5. The van der Waals surface area contributed by atoms with E-state index >= 15 is 0 Å². The fourth-order valence-corrected chi connectivity index (χ4v) is 4.20. The van der Waals surface area contributed by atoms with Crippen LogP contribution in [0, 0.1) is 11.8 Å². The lowest BCUT2D eigenvalue weighted by Gasteiger charge is -2.36. The number of hydrogen-bond acceptors (Lipinski definition) is 5. The molecule has 2 atom stereocenters. The van der Waals surface area contributed by atoms with Gasteiger partial charge in [-0.2, -0.15) is 5.10 Å². The van der Waals surface area contributed by atoms with Gasteiger partial charge in [0.05, 0.1) is 0 Å². The Balaban J connectivity index is 1.62. The van der Waals surface area contributed by atoms with Crippen LogP contribution in [0.15, 0.2) is 18.3 Å². The summed E-state index contributed by atoms with van der Waals surface area (Å²) in [7, 11) is 0. The number of amides is 2. The van der Waals surface area contributed by atoms with Crippen LogP contribution in [0.25, 0.3) is 0 Å². The Kier molecular flexibility index (Phi) is 5.86. The zero-order valence-corrected chi connectivity index (χ0v) is 15.9. The molecule has 3 rings (SSSR count). The van der Waals surface area contributed by atoms with Gasteiger partial charge in [0.2, 0.25) is 5.91 Å². The van der Waals surface area contributed by atoms with Gasteiger partial charge in [0.15, 0.2) is 5.69 Å². The summed E-state index contributed by atoms with van der Waals surface area (Å²) in [6.45, 7) is 9.59. The van der Waals surface area contributed by atoms with E-state index < -0.39 is 0 Å². The first-order valence-electron chi connectivity index (χ1n) is 9.54. The van der Waals surface area contributed by atoms with E-state index in [9.17, 15) is 9.59 Å². The van der Waals surface area contributed by atoms with Gasteiger partial charge in [0, 0.05) is 51.4 Å². The number of aromatic nitrogens is 2. The van der Waals surface area contributed by atoms with Gasteiger partial charge in [-0.1, -0.05) is 13.8 Å². The van der Waals surface area contributed by atoms with Crippen molar-refractivity contribution in [2.24, 2.45) is 11.8 Å². The summed E-state index contributed by atoms with van der Waals surface area (Å²) < 4.78 is 0. The van der Waals surface area contributed by atoms with Crippen LogP contribution in [0.1, 0.15) is 44.1 Å². The van der Waals surface area contributed by atoms with Gasteiger partial charge in [0.1, 0.15) is 0 Å². The van der Waals surface area contributed by atoms with Gasteiger partial charge in [-0.05, 0) is 36.8 Å². The molecular weight excluding hydrogens is 330 g/mol. The summed E-state index contributed by atoms with van der Waals surface area (Å²) in [5, 5.41) is 10.9. The van der Waals surface area contributed by atoms with Crippen LogP contribution >= 0.6 is 0 Å². The minimum atomic E-state index is -0.151. The fourth-order valence-electron chi connectivity index (χ4n) is 4.20. The Bertz CT molecular complexity index is 628. The molecule has 1 aromatic rings. The standard InChI is InChI=1S/C19H29N5O2/c1-13(2)16-11-24(15-6-9-23(10-7-15)14(3)25)12-18(16)21-19(26)17-5-4-8-20-22-17/h4-5,8,13,15-16,18H,6-7,9-12H2,1-3H3,(H,21,26)/t16-,18+/m1/s1. The minimum absolute atomic E-state index is 0.121. The highest BCUT2D eigenvalue weighted by atomic mass is 16.2. The molecule has 7 heteroatoms. The van der Waals surface area contributed by atoms with E-state index in [2.05, 4.69) is 34.3 Å². The Morgan fingerprint density at radius 2 is 1.96 bits per heavy atom. The molecule has 0 bridgehead atoms. The van der Waals surface area contributed by atoms with Gasteiger partial charge in [-0.25, -0.2) is 0 Å². The molecule has 2 aliphatic rings. The summed E-state index contributed by atoms with van der Waals surface area (Å²) in [6.07, 6.45) is 3.59. The third-order valence-electron chi connectivity index (χ3n) is 5.80. The van der Waals surface area contributed by atoms with Crippen LogP contribution in [0.2, 0.25) is 0 Å². The Hall–Kier alpha value is -2.02. The number of nitrogens with zero attached hydrogens (tertiary/aromatic N) is 4. The largest absolute Gasteiger partial charge is 0.346 e. The molecule has 0 aliphatic carbocycles. The van der Waals surface area contributed by atoms with Crippen molar-refractivity contribution >= 4 is 11.8 Å². The van der Waals surface area contributed by atoms with Crippen LogP contribution in [0.4, 0.5) is 0 Å². The van der Waals surface area contributed by atoms with E-state index in [1.165, 1.54) is 0 Å².